The van der Waals surface area contributed by atoms with Crippen molar-refractivity contribution in [2.45, 2.75) is 45.1 Å². The monoisotopic (exact) mass is 493 g/mol. The third kappa shape index (κ3) is 8.31. The van der Waals surface area contributed by atoms with Crippen molar-refractivity contribution in [2.75, 3.05) is 39.5 Å². The van der Waals surface area contributed by atoms with E-state index in [-0.39, 0.29) is 41.3 Å². The summed E-state index contributed by atoms with van der Waals surface area (Å²) >= 11 is 0. The van der Waals surface area contributed by atoms with Gasteiger partial charge < -0.3 is 20.1 Å². The van der Waals surface area contributed by atoms with E-state index in [0.717, 1.165) is 38.5 Å². The minimum atomic E-state index is -0.376. The molecule has 1 aliphatic heterocycles. The van der Waals surface area contributed by atoms with Crippen LogP contribution in [-0.2, 0) is 14.9 Å². The van der Waals surface area contributed by atoms with Gasteiger partial charge in [0.1, 0.15) is 5.82 Å². The van der Waals surface area contributed by atoms with Gasteiger partial charge in [-0.2, -0.15) is 0 Å². The largest absolute Gasteiger partial charge is 0.379 e. The van der Waals surface area contributed by atoms with Gasteiger partial charge in [0.2, 0.25) is 0 Å². The lowest BCUT2D eigenvalue weighted by Crippen LogP contribution is -2.39. The van der Waals surface area contributed by atoms with Gasteiger partial charge in [-0.1, -0.05) is 32.0 Å². The summed E-state index contributed by atoms with van der Waals surface area (Å²) in [6, 6.07) is 6.90. The fraction of sp³-hybridized carbons (Fsp3) is 0.650. The molecule has 0 spiro atoms. The molecule has 0 amide bonds. The van der Waals surface area contributed by atoms with Gasteiger partial charge in [-0.25, -0.2) is 4.39 Å². The second-order valence-corrected chi connectivity index (χ2v) is 7.20. The predicted octanol–water partition coefficient (Wildman–Crippen LogP) is 3.47. The molecule has 2 N–H and O–H groups in total. The fourth-order valence-corrected chi connectivity index (χ4v) is 2.89. The van der Waals surface area contributed by atoms with E-state index in [1.807, 2.05) is 32.9 Å². The Balaban J connectivity index is 0.00000364. The maximum atomic E-state index is 14.1. The predicted molar refractivity (Wildman–Crippen MR) is 119 cm³/mol. The van der Waals surface area contributed by atoms with E-state index in [0.29, 0.717) is 25.3 Å². The Hall–Kier alpha value is -0.930. The minimum absolute atomic E-state index is 0. The van der Waals surface area contributed by atoms with Crippen LogP contribution in [0.2, 0.25) is 0 Å². The van der Waals surface area contributed by atoms with Crippen molar-refractivity contribution in [3.63, 3.8) is 0 Å². The molecule has 2 rings (SSSR count). The first-order valence-electron chi connectivity index (χ1n) is 9.49. The zero-order valence-corrected chi connectivity index (χ0v) is 18.9. The zero-order chi connectivity index (χ0) is 18.8. The highest BCUT2D eigenvalue weighted by Crippen LogP contribution is 2.25. The zero-order valence-electron chi connectivity index (χ0n) is 16.6. The second kappa shape index (κ2) is 12.5. The van der Waals surface area contributed by atoms with E-state index >= 15 is 0 Å². The summed E-state index contributed by atoms with van der Waals surface area (Å²) in [4.78, 5) is 4.64. The van der Waals surface area contributed by atoms with Crippen LogP contribution in [0.15, 0.2) is 29.3 Å². The van der Waals surface area contributed by atoms with Crippen LogP contribution >= 0.6 is 24.0 Å². The van der Waals surface area contributed by atoms with Crippen LogP contribution in [0, 0.1) is 5.82 Å². The number of halogens is 2. The van der Waals surface area contributed by atoms with Crippen molar-refractivity contribution in [3.8, 4) is 0 Å². The molecule has 0 saturated carbocycles. The Bertz CT molecular complexity index is 578. The van der Waals surface area contributed by atoms with Gasteiger partial charge >= 0.3 is 0 Å². The molecule has 1 heterocycles. The van der Waals surface area contributed by atoms with Gasteiger partial charge in [0.15, 0.2) is 5.96 Å². The molecule has 0 aliphatic carbocycles. The minimum Gasteiger partial charge on any atom is -0.379 e. The van der Waals surface area contributed by atoms with Crippen LogP contribution in [0.25, 0.3) is 0 Å². The highest BCUT2D eigenvalue weighted by molar-refractivity contribution is 14.0. The van der Waals surface area contributed by atoms with Gasteiger partial charge in [0.25, 0.3) is 0 Å². The molecular weight excluding hydrogens is 460 g/mol. The second-order valence-electron chi connectivity index (χ2n) is 7.20. The van der Waals surface area contributed by atoms with Crippen molar-refractivity contribution in [1.82, 2.24) is 10.6 Å². The molecular formula is C20H33FIN3O2. The number of hydrogen-bond donors (Lipinski definition) is 2. The van der Waals surface area contributed by atoms with Crippen LogP contribution < -0.4 is 10.6 Å². The van der Waals surface area contributed by atoms with Crippen LogP contribution in [0.1, 0.15) is 39.2 Å². The van der Waals surface area contributed by atoms with E-state index in [1.54, 1.807) is 6.07 Å². The summed E-state index contributed by atoms with van der Waals surface area (Å²) in [7, 11) is 0. The number of nitrogens with zero attached hydrogens (tertiary/aromatic N) is 1. The summed E-state index contributed by atoms with van der Waals surface area (Å²) in [5, 5.41) is 6.56. The molecule has 1 aliphatic rings. The van der Waals surface area contributed by atoms with Crippen molar-refractivity contribution in [2.24, 2.45) is 4.99 Å². The van der Waals surface area contributed by atoms with Crippen LogP contribution in [0.5, 0.6) is 0 Å². The number of ether oxygens (including phenoxy) is 2. The number of rotatable bonds is 9. The topological polar surface area (TPSA) is 54.9 Å². The molecule has 0 aromatic heterocycles. The van der Waals surface area contributed by atoms with Gasteiger partial charge in [-0.15, -0.1) is 24.0 Å². The number of nitrogens with one attached hydrogen (secondary N) is 2. The van der Waals surface area contributed by atoms with Gasteiger partial charge in [-0.3, -0.25) is 4.99 Å². The third-order valence-corrected chi connectivity index (χ3v) is 4.43. The normalized spacial score (nSPS) is 17.5. The average Bonchev–Trinajstić information content (AvgIpc) is 3.13. The van der Waals surface area contributed by atoms with Crippen LogP contribution in [0.3, 0.4) is 0 Å². The number of guanidine groups is 1. The Kier molecular flexibility index (Phi) is 11.2. The quantitative estimate of drug-likeness (QED) is 0.240. The van der Waals surface area contributed by atoms with E-state index in [4.69, 9.17) is 9.47 Å². The van der Waals surface area contributed by atoms with Crippen LogP contribution in [0.4, 0.5) is 4.39 Å². The van der Waals surface area contributed by atoms with E-state index in [1.165, 1.54) is 6.07 Å². The number of benzene rings is 1. The van der Waals surface area contributed by atoms with Crippen molar-refractivity contribution in [3.05, 3.63) is 35.6 Å². The molecule has 0 bridgehead atoms. The summed E-state index contributed by atoms with van der Waals surface area (Å²) < 4.78 is 25.1. The molecule has 27 heavy (non-hydrogen) atoms. The molecule has 154 valence electrons. The Morgan fingerprint density at radius 2 is 2.11 bits per heavy atom. The van der Waals surface area contributed by atoms with Crippen molar-refractivity contribution >= 4 is 29.9 Å². The first-order chi connectivity index (χ1) is 12.5. The number of hydrogen-bond acceptors (Lipinski definition) is 3. The molecule has 1 atom stereocenters. The lowest BCUT2D eigenvalue weighted by Gasteiger charge is -2.24. The average molecular weight is 493 g/mol. The summed E-state index contributed by atoms with van der Waals surface area (Å²) in [5.74, 6) is 0.569. The maximum absolute atomic E-state index is 14.1. The van der Waals surface area contributed by atoms with Crippen LogP contribution in [-0.4, -0.2) is 51.5 Å². The lowest BCUT2D eigenvalue weighted by atomic mass is 9.84. The Morgan fingerprint density at radius 1 is 1.33 bits per heavy atom. The lowest BCUT2D eigenvalue weighted by molar-refractivity contribution is 0.0420. The third-order valence-electron chi connectivity index (χ3n) is 4.43. The van der Waals surface area contributed by atoms with E-state index < -0.39 is 0 Å². The van der Waals surface area contributed by atoms with Crippen molar-refractivity contribution < 1.29 is 13.9 Å². The Labute approximate surface area is 179 Å². The highest BCUT2D eigenvalue weighted by Gasteiger charge is 2.23. The summed E-state index contributed by atoms with van der Waals surface area (Å²) in [5.41, 5.74) is 0.311. The molecule has 0 radical (unpaired) electrons. The van der Waals surface area contributed by atoms with Gasteiger partial charge in [-0.05, 0) is 31.4 Å². The first kappa shape index (κ1) is 24.1. The SMILES string of the molecule is CCNC(=NCC(C)(C)c1ccccc1F)NCCCOC1CCOC1.I. The smallest absolute Gasteiger partial charge is 0.191 e. The highest BCUT2D eigenvalue weighted by atomic mass is 127. The molecule has 1 unspecified atom stereocenters. The van der Waals surface area contributed by atoms with Crippen molar-refractivity contribution in [1.29, 1.82) is 0 Å². The molecule has 1 aromatic rings. The van der Waals surface area contributed by atoms with E-state index in [2.05, 4.69) is 15.6 Å². The Morgan fingerprint density at radius 3 is 2.78 bits per heavy atom. The molecule has 7 heteroatoms. The molecule has 1 aromatic carbocycles. The number of aliphatic imine (C=N–C) groups is 1. The molecule has 1 saturated heterocycles. The van der Waals surface area contributed by atoms with Gasteiger partial charge in [0, 0.05) is 31.7 Å². The summed E-state index contributed by atoms with van der Waals surface area (Å²) in [6.07, 6.45) is 2.14. The molecule has 5 nitrogen and oxygen atoms in total. The molecule has 1 fully saturated rings. The van der Waals surface area contributed by atoms with Gasteiger partial charge in [0.05, 0.1) is 19.3 Å². The first-order valence-corrected chi connectivity index (χ1v) is 9.49. The fourth-order valence-electron chi connectivity index (χ4n) is 2.89. The van der Waals surface area contributed by atoms with E-state index in [9.17, 15) is 4.39 Å². The summed E-state index contributed by atoms with van der Waals surface area (Å²) in [6.45, 7) is 10.3. The standard InChI is InChI=1S/C20H32FN3O2.HI/c1-4-22-19(23-11-7-12-26-16-10-13-25-14-16)24-15-20(2,3)17-8-5-6-9-18(17)21;/h5-6,8-9,16H,4,7,10-15H2,1-3H3,(H2,22,23,24);1H. The maximum Gasteiger partial charge on any atom is 0.191 e.